The molecule has 7 aromatic carbocycles. The topological polar surface area (TPSA) is 50.9 Å². The molecular weight excluding hydrogens is 683 g/mol. The van der Waals surface area contributed by atoms with Gasteiger partial charge in [0.05, 0.1) is 28.0 Å². The van der Waals surface area contributed by atoms with Crippen LogP contribution >= 0.6 is 0 Å². The summed E-state index contributed by atoms with van der Waals surface area (Å²) in [5.41, 5.74) is 15.9. The summed E-state index contributed by atoms with van der Waals surface area (Å²) >= 11 is 0. The first-order valence-corrected chi connectivity index (χ1v) is 18.9. The number of hydrogen-bond acceptors (Lipinski definition) is 3. The summed E-state index contributed by atoms with van der Waals surface area (Å²) in [4.78, 5) is 10.4. The molecule has 0 radical (unpaired) electrons. The van der Waals surface area contributed by atoms with E-state index in [0.717, 1.165) is 66.9 Å². The first kappa shape index (κ1) is 30.3. The molecular formula is C52H39N3O. The number of para-hydroxylation sites is 3. The average Bonchev–Trinajstić information content (AvgIpc) is 3.76. The second-order valence-corrected chi connectivity index (χ2v) is 15.0. The van der Waals surface area contributed by atoms with Gasteiger partial charge in [-0.25, -0.2) is 4.98 Å². The Balaban J connectivity index is 1.23. The molecule has 0 bridgehead atoms. The van der Waals surface area contributed by atoms with Crippen LogP contribution in [-0.4, -0.2) is 19.6 Å². The molecule has 4 nitrogen and oxygen atoms in total. The first-order valence-electron chi connectivity index (χ1n) is 20.4. The Morgan fingerprint density at radius 1 is 0.554 bits per heavy atom. The minimum absolute atomic E-state index is 0.153. The van der Waals surface area contributed by atoms with Crippen molar-refractivity contribution in [1.82, 2.24) is 14.5 Å². The van der Waals surface area contributed by atoms with Crippen LogP contribution in [0.1, 0.15) is 34.7 Å². The quantitative estimate of drug-likeness (QED) is 0.186. The van der Waals surface area contributed by atoms with Crippen LogP contribution in [0.5, 0.6) is 5.75 Å². The van der Waals surface area contributed by atoms with Gasteiger partial charge in [-0.05, 0) is 99.9 Å². The summed E-state index contributed by atoms with van der Waals surface area (Å²) in [7, 11) is 0. The lowest BCUT2D eigenvalue weighted by atomic mass is 9.78. The van der Waals surface area contributed by atoms with Crippen molar-refractivity contribution in [1.29, 1.82) is 0 Å². The van der Waals surface area contributed by atoms with Crippen LogP contribution in [0.25, 0.3) is 83.9 Å². The van der Waals surface area contributed by atoms with E-state index < -0.39 is 6.85 Å². The Labute approximate surface area is 331 Å². The van der Waals surface area contributed by atoms with Gasteiger partial charge in [0.15, 0.2) is 0 Å². The highest BCUT2D eigenvalue weighted by Crippen LogP contribution is 2.54. The molecule has 2 heterocycles. The molecule has 0 aliphatic heterocycles. The molecule has 10 rings (SSSR count). The molecule has 56 heavy (non-hydrogen) atoms. The summed E-state index contributed by atoms with van der Waals surface area (Å²) in [6.45, 7) is 2.39. The van der Waals surface area contributed by atoms with Crippen LogP contribution < -0.4 is 0 Å². The van der Waals surface area contributed by atoms with Gasteiger partial charge in [-0.15, -0.1) is 0 Å². The minimum atomic E-state index is -2.17. The molecule has 1 aliphatic carbocycles. The summed E-state index contributed by atoms with van der Waals surface area (Å²) < 4.78 is 25.8. The van der Waals surface area contributed by atoms with E-state index in [1.807, 2.05) is 66.9 Å². The normalized spacial score (nSPS) is 13.8. The highest BCUT2D eigenvalue weighted by molar-refractivity contribution is 6.00. The summed E-state index contributed by atoms with van der Waals surface area (Å²) in [5.74, 6) is 0.793. The molecule has 0 saturated carbocycles. The zero-order valence-corrected chi connectivity index (χ0v) is 31.0. The van der Waals surface area contributed by atoms with Gasteiger partial charge in [0.2, 0.25) is 0 Å². The van der Waals surface area contributed by atoms with Crippen LogP contribution in [-0.2, 0) is 5.41 Å². The van der Waals surface area contributed by atoms with Gasteiger partial charge in [-0.2, -0.15) is 0 Å². The summed E-state index contributed by atoms with van der Waals surface area (Å²) in [6, 6.07) is 56.8. The molecule has 1 aliphatic rings. The Bertz CT molecular complexity index is 3070. The summed E-state index contributed by atoms with van der Waals surface area (Å²) in [6.07, 6.45) is 1.83. The first-order chi connectivity index (χ1) is 28.6. The molecule has 2 aromatic heterocycles. The highest BCUT2D eigenvalue weighted by Gasteiger charge is 2.38. The van der Waals surface area contributed by atoms with Crippen molar-refractivity contribution >= 4 is 11.0 Å². The van der Waals surface area contributed by atoms with Crippen LogP contribution in [0.15, 0.2) is 176 Å². The smallest absolute Gasteiger partial charge is 0.149 e. The number of rotatable bonds is 6. The number of benzene rings is 7. The van der Waals surface area contributed by atoms with Gasteiger partial charge in [0.1, 0.15) is 11.6 Å². The SMILES string of the molecule is [2H]C([2H])([2H])c1ccc(-c2ccnc(-c3cc(-c4cccc5c4nc(-c4ccccc4O)n5-c4ccccc4-c4ccccc4)cc4c3C(C)(C)c3ccccc3-4)c2)cc1. The van der Waals surface area contributed by atoms with Crippen molar-refractivity contribution in [3.05, 3.63) is 193 Å². The van der Waals surface area contributed by atoms with Crippen LogP contribution in [0.2, 0.25) is 0 Å². The van der Waals surface area contributed by atoms with E-state index in [9.17, 15) is 5.11 Å². The number of pyridine rings is 1. The second-order valence-electron chi connectivity index (χ2n) is 15.0. The third kappa shape index (κ3) is 5.37. The van der Waals surface area contributed by atoms with E-state index in [4.69, 9.17) is 14.1 Å². The molecule has 9 aromatic rings. The Hall–Kier alpha value is -7.04. The predicted molar refractivity (Wildman–Crippen MR) is 230 cm³/mol. The largest absolute Gasteiger partial charge is 0.507 e. The number of imidazole rings is 1. The highest BCUT2D eigenvalue weighted by atomic mass is 16.3. The number of aromatic nitrogens is 3. The standard InChI is InChI=1S/C52H39N3O/c1-33-24-26-34(27-25-33)36-28-29-53-45(32-36)43-31-37(30-42-40-17-7-10-20-44(40)52(2,3)49(42)43)39-19-13-22-47-50(39)54-51(41-18-9-12-23-48(41)56)55(47)46-21-11-8-16-38(46)35-14-5-4-6-15-35/h4-32,56H,1-3H3/i1D3. The van der Waals surface area contributed by atoms with Crippen LogP contribution in [0, 0.1) is 6.85 Å². The molecule has 0 saturated heterocycles. The predicted octanol–water partition coefficient (Wildman–Crippen LogP) is 13.1. The Morgan fingerprint density at radius 3 is 2.05 bits per heavy atom. The number of hydrogen-bond donors (Lipinski definition) is 1. The molecule has 0 spiro atoms. The fourth-order valence-electron chi connectivity index (χ4n) is 8.65. The van der Waals surface area contributed by atoms with Crippen LogP contribution in [0.4, 0.5) is 0 Å². The van der Waals surface area contributed by atoms with Gasteiger partial charge >= 0.3 is 0 Å². The maximum absolute atomic E-state index is 11.3. The fourth-order valence-corrected chi connectivity index (χ4v) is 8.65. The Kier molecular flexibility index (Phi) is 7.07. The Morgan fingerprint density at radius 2 is 1.25 bits per heavy atom. The van der Waals surface area contributed by atoms with E-state index in [-0.39, 0.29) is 11.2 Å². The molecule has 0 amide bonds. The van der Waals surface area contributed by atoms with E-state index >= 15 is 0 Å². The monoisotopic (exact) mass is 724 g/mol. The van der Waals surface area contributed by atoms with Crippen molar-refractivity contribution in [2.24, 2.45) is 0 Å². The van der Waals surface area contributed by atoms with Crippen molar-refractivity contribution in [3.63, 3.8) is 0 Å². The minimum Gasteiger partial charge on any atom is -0.507 e. The number of aryl methyl sites for hydroxylation is 1. The summed E-state index contributed by atoms with van der Waals surface area (Å²) in [5, 5.41) is 11.3. The van der Waals surface area contributed by atoms with Gasteiger partial charge in [0, 0.05) is 32.4 Å². The van der Waals surface area contributed by atoms with E-state index in [0.29, 0.717) is 17.0 Å². The van der Waals surface area contributed by atoms with Gasteiger partial charge < -0.3 is 5.11 Å². The van der Waals surface area contributed by atoms with Crippen molar-refractivity contribution in [3.8, 4) is 78.6 Å². The number of phenols is 1. The zero-order valence-electron chi connectivity index (χ0n) is 34.0. The van der Waals surface area contributed by atoms with Crippen LogP contribution in [0.3, 0.4) is 0 Å². The van der Waals surface area contributed by atoms with Gasteiger partial charge in [-0.1, -0.05) is 141 Å². The molecule has 0 atom stereocenters. The molecule has 4 heteroatoms. The lowest BCUT2D eigenvalue weighted by molar-refractivity contribution is 0.477. The lowest BCUT2D eigenvalue weighted by Crippen LogP contribution is -2.16. The molecule has 0 unspecified atom stereocenters. The number of fused-ring (bicyclic) bond motifs is 4. The molecule has 0 fully saturated rings. The fraction of sp³-hybridized carbons (Fsp3) is 0.0769. The lowest BCUT2D eigenvalue weighted by Gasteiger charge is -2.25. The van der Waals surface area contributed by atoms with Crippen molar-refractivity contribution in [2.75, 3.05) is 0 Å². The number of nitrogens with zero attached hydrogens (tertiary/aromatic N) is 3. The number of aromatic hydroxyl groups is 1. The molecule has 1 N–H and O–H groups in total. The van der Waals surface area contributed by atoms with Crippen molar-refractivity contribution in [2.45, 2.75) is 26.1 Å². The maximum Gasteiger partial charge on any atom is 0.149 e. The van der Waals surface area contributed by atoms with E-state index in [2.05, 4.69) is 109 Å². The van der Waals surface area contributed by atoms with E-state index in [1.165, 1.54) is 16.7 Å². The zero-order chi connectivity index (χ0) is 40.5. The number of phenolic OH excluding ortho intramolecular Hbond substituents is 1. The maximum atomic E-state index is 11.3. The second kappa shape index (κ2) is 13.1. The van der Waals surface area contributed by atoms with E-state index in [1.54, 1.807) is 18.2 Å². The van der Waals surface area contributed by atoms with Gasteiger partial charge in [-0.3, -0.25) is 9.55 Å². The van der Waals surface area contributed by atoms with Crippen molar-refractivity contribution < 1.29 is 9.22 Å². The molecule has 268 valence electrons. The van der Waals surface area contributed by atoms with Gasteiger partial charge in [0.25, 0.3) is 0 Å². The third-order valence-corrected chi connectivity index (χ3v) is 11.3. The third-order valence-electron chi connectivity index (χ3n) is 11.3. The average molecular weight is 725 g/mol.